The summed E-state index contributed by atoms with van der Waals surface area (Å²) in [6.07, 6.45) is -0.647. The Hall–Kier alpha value is -1.98. The van der Waals surface area contributed by atoms with Crippen LogP contribution >= 0.6 is 23.2 Å². The molecule has 138 valence electrons. The van der Waals surface area contributed by atoms with Crippen molar-refractivity contribution in [3.05, 3.63) is 58.3 Å². The maximum atomic E-state index is 13.0. The standard InChI is InChI=1S/C19H19Cl2FN2O2/c1-13(26-18-7-2-14(20)12-17(18)21)19(25)24-10-8-23(9-11-24)16-5-3-15(22)4-6-16/h2-7,12-13H,8-11H2,1H3. The SMILES string of the molecule is CC(Oc1ccc(Cl)cc1Cl)C(=O)N1CCN(c2ccc(F)cc2)CC1. The van der Waals surface area contributed by atoms with Crippen molar-refractivity contribution < 1.29 is 13.9 Å². The van der Waals surface area contributed by atoms with E-state index in [0.717, 1.165) is 5.69 Å². The summed E-state index contributed by atoms with van der Waals surface area (Å²) in [5.74, 6) is 0.0889. The number of hydrogen-bond donors (Lipinski definition) is 0. The Morgan fingerprint density at radius 3 is 2.35 bits per heavy atom. The number of hydrogen-bond acceptors (Lipinski definition) is 3. The van der Waals surface area contributed by atoms with Crippen LogP contribution in [0.2, 0.25) is 10.0 Å². The number of ether oxygens (including phenoxy) is 1. The van der Waals surface area contributed by atoms with Crippen LogP contribution in [-0.2, 0) is 4.79 Å². The lowest BCUT2D eigenvalue weighted by molar-refractivity contribution is -0.138. The van der Waals surface area contributed by atoms with Crippen LogP contribution in [0.1, 0.15) is 6.92 Å². The Morgan fingerprint density at radius 2 is 1.73 bits per heavy atom. The molecule has 0 spiro atoms. The number of benzene rings is 2. The molecule has 0 aliphatic carbocycles. The van der Waals surface area contributed by atoms with Crippen molar-refractivity contribution in [2.75, 3.05) is 31.1 Å². The van der Waals surface area contributed by atoms with Gasteiger partial charge in [0.1, 0.15) is 11.6 Å². The highest BCUT2D eigenvalue weighted by molar-refractivity contribution is 6.35. The van der Waals surface area contributed by atoms with Crippen LogP contribution < -0.4 is 9.64 Å². The minimum atomic E-state index is -0.647. The van der Waals surface area contributed by atoms with Crippen LogP contribution in [0.15, 0.2) is 42.5 Å². The predicted molar refractivity (Wildman–Crippen MR) is 102 cm³/mol. The first-order valence-corrected chi connectivity index (χ1v) is 9.10. The minimum Gasteiger partial charge on any atom is -0.479 e. The minimum absolute atomic E-state index is 0.0882. The molecule has 2 aromatic rings. The molecule has 26 heavy (non-hydrogen) atoms. The Morgan fingerprint density at radius 1 is 1.08 bits per heavy atom. The van der Waals surface area contributed by atoms with Gasteiger partial charge < -0.3 is 14.5 Å². The van der Waals surface area contributed by atoms with Crippen molar-refractivity contribution in [1.29, 1.82) is 0 Å². The first kappa shape index (κ1) is 18.8. The van der Waals surface area contributed by atoms with Crippen molar-refractivity contribution >= 4 is 34.8 Å². The van der Waals surface area contributed by atoms with Gasteiger partial charge in [0.2, 0.25) is 0 Å². The maximum Gasteiger partial charge on any atom is 0.263 e. The first-order chi connectivity index (χ1) is 12.4. The van der Waals surface area contributed by atoms with Crippen molar-refractivity contribution in [2.24, 2.45) is 0 Å². The second-order valence-corrected chi connectivity index (χ2v) is 6.97. The predicted octanol–water partition coefficient (Wildman–Crippen LogP) is 4.25. The Kier molecular flexibility index (Phi) is 5.89. The van der Waals surface area contributed by atoms with Gasteiger partial charge >= 0.3 is 0 Å². The highest BCUT2D eigenvalue weighted by Gasteiger charge is 2.26. The summed E-state index contributed by atoms with van der Waals surface area (Å²) in [6, 6.07) is 11.3. The largest absolute Gasteiger partial charge is 0.479 e. The van der Waals surface area contributed by atoms with E-state index in [1.54, 1.807) is 42.2 Å². The fourth-order valence-corrected chi connectivity index (χ4v) is 3.36. The summed E-state index contributed by atoms with van der Waals surface area (Å²) in [4.78, 5) is 16.5. The number of carbonyl (C=O) groups excluding carboxylic acids is 1. The maximum absolute atomic E-state index is 13.0. The van der Waals surface area contributed by atoms with Crippen LogP contribution in [0.3, 0.4) is 0 Å². The summed E-state index contributed by atoms with van der Waals surface area (Å²) in [7, 11) is 0. The Bertz CT molecular complexity index is 778. The zero-order valence-corrected chi connectivity index (χ0v) is 15.8. The monoisotopic (exact) mass is 396 g/mol. The molecule has 1 atom stereocenters. The molecule has 1 heterocycles. The van der Waals surface area contributed by atoms with E-state index in [1.165, 1.54) is 12.1 Å². The number of anilines is 1. The summed E-state index contributed by atoms with van der Waals surface area (Å²) in [6.45, 7) is 4.24. The molecule has 0 bridgehead atoms. The molecule has 1 fully saturated rings. The molecule has 0 aromatic heterocycles. The Balaban J connectivity index is 1.56. The second kappa shape index (κ2) is 8.14. The average molecular weight is 397 g/mol. The van der Waals surface area contributed by atoms with Gasteiger partial charge in [-0.15, -0.1) is 0 Å². The highest BCUT2D eigenvalue weighted by Crippen LogP contribution is 2.28. The number of amides is 1. The molecule has 7 heteroatoms. The normalized spacial score (nSPS) is 15.7. The Labute approximate surface area is 162 Å². The van der Waals surface area contributed by atoms with Gasteiger partial charge in [-0.1, -0.05) is 23.2 Å². The smallest absolute Gasteiger partial charge is 0.263 e. The van der Waals surface area contributed by atoms with Gasteiger partial charge in [0.05, 0.1) is 5.02 Å². The molecule has 1 aliphatic rings. The van der Waals surface area contributed by atoms with Gasteiger partial charge in [0.15, 0.2) is 6.10 Å². The molecule has 1 saturated heterocycles. The van der Waals surface area contributed by atoms with Gasteiger partial charge in [-0.05, 0) is 49.4 Å². The zero-order chi connectivity index (χ0) is 18.7. The van der Waals surface area contributed by atoms with E-state index >= 15 is 0 Å². The summed E-state index contributed by atoms with van der Waals surface area (Å²) in [5, 5.41) is 0.886. The van der Waals surface area contributed by atoms with E-state index in [9.17, 15) is 9.18 Å². The molecule has 3 rings (SSSR count). The van der Waals surface area contributed by atoms with Crippen molar-refractivity contribution in [3.63, 3.8) is 0 Å². The van der Waals surface area contributed by atoms with Gasteiger partial charge in [0.25, 0.3) is 5.91 Å². The highest BCUT2D eigenvalue weighted by atomic mass is 35.5. The molecular weight excluding hydrogens is 378 g/mol. The van der Waals surface area contributed by atoms with Crippen molar-refractivity contribution in [3.8, 4) is 5.75 Å². The molecule has 0 N–H and O–H groups in total. The van der Waals surface area contributed by atoms with Crippen LogP contribution in [0, 0.1) is 5.82 Å². The number of rotatable bonds is 4. The average Bonchev–Trinajstić information content (AvgIpc) is 2.64. The third-order valence-electron chi connectivity index (χ3n) is 4.33. The second-order valence-electron chi connectivity index (χ2n) is 6.12. The number of nitrogens with zero attached hydrogens (tertiary/aromatic N) is 2. The van der Waals surface area contributed by atoms with Crippen LogP contribution in [-0.4, -0.2) is 43.1 Å². The van der Waals surface area contributed by atoms with Crippen LogP contribution in [0.5, 0.6) is 5.75 Å². The molecule has 2 aromatic carbocycles. The molecule has 1 aliphatic heterocycles. The lowest BCUT2D eigenvalue weighted by atomic mass is 10.2. The number of halogens is 3. The lowest BCUT2D eigenvalue weighted by Crippen LogP contribution is -2.52. The topological polar surface area (TPSA) is 32.8 Å². The quantitative estimate of drug-likeness (QED) is 0.774. The third kappa shape index (κ3) is 4.40. The molecule has 1 amide bonds. The fraction of sp³-hybridized carbons (Fsp3) is 0.316. The van der Waals surface area contributed by atoms with E-state index in [-0.39, 0.29) is 11.7 Å². The third-order valence-corrected chi connectivity index (χ3v) is 4.86. The van der Waals surface area contributed by atoms with E-state index in [2.05, 4.69) is 4.90 Å². The van der Waals surface area contributed by atoms with Gasteiger partial charge in [-0.3, -0.25) is 4.79 Å². The van der Waals surface area contributed by atoms with Crippen molar-refractivity contribution in [1.82, 2.24) is 4.90 Å². The van der Waals surface area contributed by atoms with Gasteiger partial charge in [0, 0.05) is 36.9 Å². The van der Waals surface area contributed by atoms with E-state index in [4.69, 9.17) is 27.9 Å². The van der Waals surface area contributed by atoms with Crippen LogP contribution in [0.25, 0.3) is 0 Å². The molecular formula is C19H19Cl2FN2O2. The van der Waals surface area contributed by atoms with E-state index < -0.39 is 6.10 Å². The zero-order valence-electron chi connectivity index (χ0n) is 14.3. The van der Waals surface area contributed by atoms with E-state index in [0.29, 0.717) is 42.0 Å². The molecule has 0 radical (unpaired) electrons. The van der Waals surface area contributed by atoms with Crippen molar-refractivity contribution in [2.45, 2.75) is 13.0 Å². The fourth-order valence-electron chi connectivity index (χ4n) is 2.91. The summed E-state index contributed by atoms with van der Waals surface area (Å²) in [5.41, 5.74) is 0.954. The summed E-state index contributed by atoms with van der Waals surface area (Å²) >= 11 is 12.0. The summed E-state index contributed by atoms with van der Waals surface area (Å²) < 4.78 is 18.7. The van der Waals surface area contributed by atoms with Gasteiger partial charge in [-0.25, -0.2) is 4.39 Å². The molecule has 1 unspecified atom stereocenters. The lowest BCUT2D eigenvalue weighted by Gasteiger charge is -2.37. The molecule has 0 saturated carbocycles. The molecule has 4 nitrogen and oxygen atoms in total. The number of piperazine rings is 1. The van der Waals surface area contributed by atoms with Gasteiger partial charge in [-0.2, -0.15) is 0 Å². The first-order valence-electron chi connectivity index (χ1n) is 8.35. The van der Waals surface area contributed by atoms with E-state index in [1.807, 2.05) is 0 Å². The number of carbonyl (C=O) groups is 1. The van der Waals surface area contributed by atoms with Crippen LogP contribution in [0.4, 0.5) is 10.1 Å².